The highest BCUT2D eigenvalue weighted by atomic mass is 28.5. The maximum Gasteiger partial charge on any atom is 0.324 e. The Kier molecular flexibility index (Phi) is 6.79. The maximum absolute atomic E-state index is 7.17. The second-order valence-electron chi connectivity index (χ2n) is 9.82. The van der Waals surface area contributed by atoms with Gasteiger partial charge in [0.15, 0.2) is 16.6 Å². The molecule has 0 N–H and O–H groups in total. The van der Waals surface area contributed by atoms with E-state index in [9.17, 15) is 0 Å². The molecular weight excluding hydrogens is 332 g/mol. The summed E-state index contributed by atoms with van der Waals surface area (Å²) in [5.74, 6) is 0. The molecule has 2 aliphatic carbocycles. The molecule has 23 heavy (non-hydrogen) atoms. The molecule has 0 spiro atoms. The molecule has 2 saturated carbocycles. The van der Waals surface area contributed by atoms with Gasteiger partial charge in [0, 0.05) is 11.1 Å². The fourth-order valence-electron chi connectivity index (χ4n) is 4.65. The van der Waals surface area contributed by atoms with Gasteiger partial charge in [0.2, 0.25) is 0 Å². The van der Waals surface area contributed by atoms with Gasteiger partial charge in [0.25, 0.3) is 0 Å². The van der Waals surface area contributed by atoms with Crippen LogP contribution >= 0.6 is 0 Å². The summed E-state index contributed by atoms with van der Waals surface area (Å²) in [5, 5.41) is 0. The van der Waals surface area contributed by atoms with Crippen molar-refractivity contribution in [1.82, 2.24) is 0 Å². The topological polar surface area (TPSA) is 18.5 Å². The molecule has 0 radical (unpaired) electrons. The predicted octanol–water partition coefficient (Wildman–Crippen LogP) is 6.80. The van der Waals surface area contributed by atoms with Crippen LogP contribution in [-0.4, -0.2) is 25.2 Å². The van der Waals surface area contributed by atoms with E-state index in [1.165, 1.54) is 64.2 Å². The lowest BCUT2D eigenvalue weighted by Gasteiger charge is -2.51. The minimum atomic E-state index is -2.14. The van der Waals surface area contributed by atoms with Gasteiger partial charge in [0.05, 0.1) is 0 Å². The van der Waals surface area contributed by atoms with Crippen LogP contribution < -0.4 is 0 Å². The summed E-state index contributed by atoms with van der Waals surface area (Å²) >= 11 is 0. The lowest BCUT2D eigenvalue weighted by atomic mass is 9.99. The minimum absolute atomic E-state index is 0.762. The first-order chi connectivity index (χ1) is 10.6. The quantitative estimate of drug-likeness (QED) is 0.477. The SMILES string of the molecule is C[Si](C)(C)O[Si](O[Si](C)(C)C)(C1CCCCC1)C1CCCCC1. The average Bonchev–Trinajstić information content (AvgIpc) is 2.45. The summed E-state index contributed by atoms with van der Waals surface area (Å²) in [7, 11) is -5.34. The van der Waals surface area contributed by atoms with Gasteiger partial charge in [-0.1, -0.05) is 38.5 Å². The summed E-state index contributed by atoms with van der Waals surface area (Å²) in [4.78, 5) is 0. The van der Waals surface area contributed by atoms with E-state index in [0.29, 0.717) is 0 Å². The molecule has 0 aromatic rings. The Hall–Kier alpha value is 0.571. The highest BCUT2D eigenvalue weighted by molar-refractivity contribution is 6.89. The molecule has 0 atom stereocenters. The first-order valence-corrected chi connectivity index (χ1v) is 18.8. The second-order valence-corrected chi connectivity index (χ2v) is 23.0. The van der Waals surface area contributed by atoms with Crippen LogP contribution in [0.3, 0.4) is 0 Å². The van der Waals surface area contributed by atoms with Crippen LogP contribution in [0.1, 0.15) is 64.2 Å². The molecule has 0 unspecified atom stereocenters. The Morgan fingerprint density at radius 1 is 0.522 bits per heavy atom. The fourth-order valence-corrected chi connectivity index (χ4v) is 18.6. The van der Waals surface area contributed by atoms with Crippen molar-refractivity contribution in [3.63, 3.8) is 0 Å². The molecule has 0 heterocycles. The van der Waals surface area contributed by atoms with Crippen LogP contribution in [-0.2, 0) is 8.23 Å². The third kappa shape index (κ3) is 5.80. The lowest BCUT2D eigenvalue weighted by Crippen LogP contribution is -2.60. The van der Waals surface area contributed by atoms with Gasteiger partial charge in [-0.05, 0) is 65.0 Å². The fraction of sp³-hybridized carbons (Fsp3) is 1.00. The Morgan fingerprint density at radius 3 is 1.09 bits per heavy atom. The van der Waals surface area contributed by atoms with Crippen molar-refractivity contribution in [1.29, 1.82) is 0 Å². The van der Waals surface area contributed by atoms with Crippen molar-refractivity contribution in [2.75, 3.05) is 0 Å². The van der Waals surface area contributed by atoms with Crippen LogP contribution in [0.2, 0.25) is 50.4 Å². The normalized spacial score (nSPS) is 23.2. The van der Waals surface area contributed by atoms with Crippen LogP contribution in [0, 0.1) is 0 Å². The van der Waals surface area contributed by atoms with E-state index in [2.05, 4.69) is 39.3 Å². The third-order valence-electron chi connectivity index (χ3n) is 5.28. The molecule has 0 aromatic heterocycles. The van der Waals surface area contributed by atoms with Crippen molar-refractivity contribution in [3.05, 3.63) is 0 Å². The molecule has 0 amide bonds. The summed E-state index contributed by atoms with van der Waals surface area (Å²) in [6, 6.07) is 0. The zero-order valence-electron chi connectivity index (χ0n) is 16.5. The average molecular weight is 373 g/mol. The zero-order valence-corrected chi connectivity index (χ0v) is 19.5. The molecule has 0 aliphatic heterocycles. The lowest BCUT2D eigenvalue weighted by molar-refractivity contribution is 0.286. The van der Waals surface area contributed by atoms with Gasteiger partial charge in [0.1, 0.15) is 0 Å². The van der Waals surface area contributed by atoms with Gasteiger partial charge in [-0.15, -0.1) is 0 Å². The third-order valence-corrected chi connectivity index (χ3v) is 16.2. The first kappa shape index (κ1) is 19.9. The number of hydrogen-bond donors (Lipinski definition) is 0. The van der Waals surface area contributed by atoms with Gasteiger partial charge in [-0.25, -0.2) is 0 Å². The highest BCUT2D eigenvalue weighted by Crippen LogP contribution is 2.51. The number of hydrogen-bond acceptors (Lipinski definition) is 2. The standard InChI is InChI=1S/C18H40O2Si3/c1-21(2,3)19-23(20-22(4,5)6,17-13-9-7-10-14-17)18-15-11-8-12-16-18/h17-18H,7-16H2,1-6H3. The molecule has 2 nitrogen and oxygen atoms in total. The van der Waals surface area contributed by atoms with Gasteiger partial charge >= 0.3 is 8.56 Å². The molecular formula is C18H40O2Si3. The van der Waals surface area contributed by atoms with E-state index in [-0.39, 0.29) is 0 Å². The van der Waals surface area contributed by atoms with Crippen LogP contribution in [0.4, 0.5) is 0 Å². The van der Waals surface area contributed by atoms with E-state index < -0.39 is 25.2 Å². The summed E-state index contributed by atoms with van der Waals surface area (Å²) in [6.45, 7) is 14.3. The second kappa shape index (κ2) is 7.85. The zero-order chi connectivity index (χ0) is 17.1. The van der Waals surface area contributed by atoms with E-state index in [1.54, 1.807) is 0 Å². The van der Waals surface area contributed by atoms with Crippen molar-refractivity contribution in [2.45, 2.75) is 115 Å². The monoisotopic (exact) mass is 372 g/mol. The Morgan fingerprint density at radius 2 is 0.826 bits per heavy atom. The van der Waals surface area contributed by atoms with Gasteiger partial charge in [-0.2, -0.15) is 0 Å². The van der Waals surface area contributed by atoms with Crippen LogP contribution in [0.25, 0.3) is 0 Å². The molecule has 2 aliphatic rings. The largest absolute Gasteiger partial charge is 0.436 e. The van der Waals surface area contributed by atoms with E-state index >= 15 is 0 Å². The molecule has 0 aromatic carbocycles. The van der Waals surface area contributed by atoms with E-state index in [4.69, 9.17) is 8.23 Å². The van der Waals surface area contributed by atoms with E-state index in [1.807, 2.05) is 0 Å². The summed E-state index contributed by atoms with van der Waals surface area (Å²) in [6.07, 6.45) is 13.9. The van der Waals surface area contributed by atoms with Crippen molar-refractivity contribution in [2.24, 2.45) is 0 Å². The van der Waals surface area contributed by atoms with Crippen molar-refractivity contribution < 1.29 is 8.23 Å². The molecule has 2 rings (SSSR count). The Balaban J connectivity index is 2.37. The smallest absolute Gasteiger partial charge is 0.324 e. The summed E-state index contributed by atoms with van der Waals surface area (Å²) in [5.41, 5.74) is 1.52. The molecule has 136 valence electrons. The Labute approximate surface area is 148 Å². The first-order valence-electron chi connectivity index (χ1n) is 10.0. The van der Waals surface area contributed by atoms with Crippen molar-refractivity contribution >= 4 is 25.2 Å². The maximum atomic E-state index is 7.17. The van der Waals surface area contributed by atoms with Crippen LogP contribution in [0.15, 0.2) is 0 Å². The molecule has 2 fully saturated rings. The van der Waals surface area contributed by atoms with Gasteiger partial charge in [-0.3, -0.25) is 0 Å². The number of rotatable bonds is 6. The highest BCUT2D eigenvalue weighted by Gasteiger charge is 2.55. The molecule has 0 saturated heterocycles. The minimum Gasteiger partial charge on any atom is -0.436 e. The van der Waals surface area contributed by atoms with E-state index in [0.717, 1.165) is 11.1 Å². The molecule has 0 bridgehead atoms. The van der Waals surface area contributed by atoms with Crippen LogP contribution in [0.5, 0.6) is 0 Å². The summed E-state index contributed by atoms with van der Waals surface area (Å²) < 4.78 is 14.3. The van der Waals surface area contributed by atoms with Crippen molar-refractivity contribution in [3.8, 4) is 0 Å². The predicted molar refractivity (Wildman–Crippen MR) is 108 cm³/mol. The van der Waals surface area contributed by atoms with Gasteiger partial charge < -0.3 is 8.23 Å². The molecule has 5 heteroatoms. The Bertz CT molecular complexity index is 325.